The van der Waals surface area contributed by atoms with Crippen molar-refractivity contribution in [2.24, 2.45) is 11.3 Å². The fourth-order valence-electron chi connectivity index (χ4n) is 5.39. The monoisotopic (exact) mass is 479 g/mol. The van der Waals surface area contributed by atoms with E-state index in [0.29, 0.717) is 12.2 Å². The molecule has 0 aliphatic heterocycles. The first kappa shape index (κ1) is 26.2. The zero-order valence-electron chi connectivity index (χ0n) is 20.8. The quantitative estimate of drug-likeness (QED) is 0.262. The maximum Gasteiger partial charge on any atom is 0.407 e. The molecule has 3 aliphatic rings. The maximum absolute atomic E-state index is 12.5. The Hall–Kier alpha value is -1.46. The number of rotatable bonds is 5. The van der Waals surface area contributed by atoms with E-state index in [-0.39, 0.29) is 28.8 Å². The molecule has 3 aliphatic carbocycles. The molecule has 1 atom stereocenters. The van der Waals surface area contributed by atoms with Crippen molar-refractivity contribution in [3.63, 3.8) is 0 Å². The topological polar surface area (TPSA) is 107 Å². The average molecular weight is 480 g/mol. The van der Waals surface area contributed by atoms with Crippen molar-refractivity contribution in [3.05, 3.63) is 34.9 Å². The summed E-state index contributed by atoms with van der Waals surface area (Å²) in [5, 5.41) is 10.9. The molecule has 2 bridgehead atoms. The van der Waals surface area contributed by atoms with E-state index in [9.17, 15) is 24.6 Å². The van der Waals surface area contributed by atoms with Gasteiger partial charge in [-0.25, -0.2) is 4.79 Å². The van der Waals surface area contributed by atoms with Gasteiger partial charge in [0.05, 0.1) is 6.61 Å². The summed E-state index contributed by atoms with van der Waals surface area (Å²) in [6.07, 6.45) is 6.99. The summed E-state index contributed by atoms with van der Waals surface area (Å²) in [5.41, 5.74) is 1.18. The van der Waals surface area contributed by atoms with Crippen molar-refractivity contribution in [3.8, 4) is 5.75 Å². The van der Waals surface area contributed by atoms with Gasteiger partial charge >= 0.3 is 13.9 Å². The minimum atomic E-state index is -3.89. The molecule has 6 nitrogen and oxygen atoms in total. The highest BCUT2D eigenvalue weighted by Crippen LogP contribution is 2.65. The van der Waals surface area contributed by atoms with Gasteiger partial charge in [0.25, 0.3) is 0 Å². The molecule has 1 aromatic rings. The maximum atomic E-state index is 12.5. The molecule has 0 aromatic heterocycles. The largest absolute Gasteiger partial charge is 0.507 e. The third-order valence-corrected chi connectivity index (χ3v) is 8.90. The van der Waals surface area contributed by atoms with Crippen LogP contribution in [0.5, 0.6) is 5.75 Å². The second kappa shape index (κ2) is 8.96. The average Bonchev–Trinajstić information content (AvgIpc) is 2.70. The molecular formula is C26H40O6P+. The van der Waals surface area contributed by atoms with Crippen LogP contribution in [0.25, 0.3) is 6.08 Å². The normalized spacial score (nSPS) is 26.1. The minimum absolute atomic E-state index is 0.138. The van der Waals surface area contributed by atoms with Crippen molar-refractivity contribution < 1.29 is 29.3 Å². The lowest BCUT2D eigenvalue weighted by molar-refractivity contribution is -0.144. The van der Waals surface area contributed by atoms with E-state index in [0.717, 1.165) is 42.4 Å². The minimum Gasteiger partial charge on any atom is -0.507 e. The summed E-state index contributed by atoms with van der Waals surface area (Å²) >= 11 is 0. The SMILES string of the molecule is CC(C)(C)c1cc(/C=C/C(=O)OCC23CCC(CC2)C([P+](O)(O)O)C3)cc(C(C)(C)C)c1O. The molecule has 0 spiro atoms. The number of ether oxygens (including phenoxy) is 1. The van der Waals surface area contributed by atoms with Crippen molar-refractivity contribution in [1.82, 2.24) is 0 Å². The third-order valence-electron chi connectivity index (χ3n) is 7.40. The number of benzene rings is 1. The summed E-state index contributed by atoms with van der Waals surface area (Å²) in [5.74, 6) is -0.0134. The van der Waals surface area contributed by atoms with E-state index in [1.54, 1.807) is 6.08 Å². The van der Waals surface area contributed by atoms with Gasteiger partial charge in [-0.3, -0.25) is 0 Å². The summed E-state index contributed by atoms with van der Waals surface area (Å²) in [4.78, 5) is 42.0. The van der Waals surface area contributed by atoms with Gasteiger partial charge in [-0.2, -0.15) is 14.7 Å². The predicted molar refractivity (Wildman–Crippen MR) is 132 cm³/mol. The zero-order chi connectivity index (χ0) is 24.8. The van der Waals surface area contributed by atoms with Gasteiger partial charge < -0.3 is 9.84 Å². The van der Waals surface area contributed by atoms with Crippen LogP contribution in [0, 0.1) is 11.3 Å². The number of carbonyl (C=O) groups is 1. The fraction of sp³-hybridized carbons (Fsp3) is 0.654. The van der Waals surface area contributed by atoms with Crippen LogP contribution in [0.1, 0.15) is 90.3 Å². The van der Waals surface area contributed by atoms with E-state index in [1.165, 1.54) is 6.08 Å². The summed E-state index contributed by atoms with van der Waals surface area (Å²) in [6, 6.07) is 3.82. The summed E-state index contributed by atoms with van der Waals surface area (Å²) in [6.45, 7) is 12.5. The second-order valence-electron chi connectivity index (χ2n) is 12.1. The molecule has 4 N–H and O–H groups in total. The fourth-order valence-corrected chi connectivity index (χ4v) is 6.89. The molecule has 1 aromatic carbocycles. The highest BCUT2D eigenvalue weighted by atomic mass is 31.2. The van der Waals surface area contributed by atoms with Crippen LogP contribution >= 0.6 is 7.94 Å². The molecule has 33 heavy (non-hydrogen) atoms. The molecule has 0 heterocycles. The van der Waals surface area contributed by atoms with E-state index in [4.69, 9.17) is 4.74 Å². The Balaban J connectivity index is 1.73. The number of hydrogen-bond donors (Lipinski definition) is 4. The highest BCUT2D eigenvalue weighted by Gasteiger charge is 2.58. The van der Waals surface area contributed by atoms with Crippen molar-refractivity contribution in [2.45, 2.75) is 90.1 Å². The lowest BCUT2D eigenvalue weighted by Crippen LogP contribution is -2.46. The van der Waals surface area contributed by atoms with Gasteiger partial charge in [-0.05, 0) is 60.3 Å². The first-order valence-electron chi connectivity index (χ1n) is 11.8. The molecule has 3 saturated carbocycles. The number of phenols is 1. The third kappa shape index (κ3) is 5.97. The van der Waals surface area contributed by atoms with Gasteiger partial charge in [0.1, 0.15) is 5.75 Å². The number of esters is 1. The predicted octanol–water partition coefficient (Wildman–Crippen LogP) is 5.23. The van der Waals surface area contributed by atoms with E-state index >= 15 is 0 Å². The molecule has 184 valence electrons. The lowest BCUT2D eigenvalue weighted by Gasteiger charge is -2.48. The summed E-state index contributed by atoms with van der Waals surface area (Å²) < 4.78 is 5.59. The lowest BCUT2D eigenvalue weighted by atomic mass is 9.61. The number of aromatic hydroxyl groups is 1. The van der Waals surface area contributed by atoms with Crippen LogP contribution < -0.4 is 0 Å². The molecule has 3 fully saturated rings. The number of phenolic OH excluding ortho intramolecular Hbond substituents is 1. The molecule has 7 heteroatoms. The molecule has 4 rings (SSSR count). The van der Waals surface area contributed by atoms with Crippen molar-refractivity contribution in [1.29, 1.82) is 0 Å². The Kier molecular flexibility index (Phi) is 7.10. The van der Waals surface area contributed by atoms with Gasteiger partial charge in [-0.1, -0.05) is 41.5 Å². The van der Waals surface area contributed by atoms with Crippen LogP contribution in [0.15, 0.2) is 18.2 Å². The standard InChI is InChI=1S/C26H39O6P/c1-24(2,3)19-13-17(14-20(23(19)28)25(4,5)6)7-8-22(27)32-16-26-11-9-18(10-12-26)21(15-26)33(29,30)31/h7-8,13-14,18,21,29-31H,9-12,15-16H2,1-6H3/p+1. The number of hydrogen-bond acceptors (Lipinski definition) is 6. The van der Waals surface area contributed by atoms with Gasteiger partial charge in [-0.15, -0.1) is 0 Å². The molecular weight excluding hydrogens is 439 g/mol. The van der Waals surface area contributed by atoms with Crippen LogP contribution in [-0.4, -0.2) is 38.0 Å². The zero-order valence-corrected chi connectivity index (χ0v) is 21.7. The van der Waals surface area contributed by atoms with Crippen LogP contribution in [-0.2, 0) is 20.4 Å². The van der Waals surface area contributed by atoms with Gasteiger partial charge in [0.15, 0.2) is 5.66 Å². The van der Waals surface area contributed by atoms with E-state index in [2.05, 4.69) is 0 Å². The Labute approximate surface area is 198 Å². The first-order valence-corrected chi connectivity index (χ1v) is 13.5. The Morgan fingerprint density at radius 3 is 2.03 bits per heavy atom. The molecule has 0 amide bonds. The van der Waals surface area contributed by atoms with Crippen LogP contribution in [0.2, 0.25) is 0 Å². The van der Waals surface area contributed by atoms with Crippen molar-refractivity contribution in [2.75, 3.05) is 6.61 Å². The van der Waals surface area contributed by atoms with Crippen LogP contribution in [0.3, 0.4) is 0 Å². The van der Waals surface area contributed by atoms with Gasteiger partial charge in [0.2, 0.25) is 0 Å². The summed E-state index contributed by atoms with van der Waals surface area (Å²) in [7, 11) is -3.89. The van der Waals surface area contributed by atoms with E-state index in [1.807, 2.05) is 53.7 Å². The Morgan fingerprint density at radius 1 is 1.06 bits per heavy atom. The smallest absolute Gasteiger partial charge is 0.407 e. The first-order chi connectivity index (χ1) is 15.0. The van der Waals surface area contributed by atoms with Crippen molar-refractivity contribution >= 4 is 20.0 Å². The Morgan fingerprint density at radius 2 is 1.58 bits per heavy atom. The molecule has 1 unspecified atom stereocenters. The number of carbonyl (C=O) groups excluding carboxylic acids is 1. The highest BCUT2D eigenvalue weighted by molar-refractivity contribution is 7.59. The molecule has 0 saturated heterocycles. The van der Waals surface area contributed by atoms with E-state index < -0.39 is 19.6 Å². The number of fused-ring (bicyclic) bond motifs is 3. The molecule has 0 radical (unpaired) electrons. The van der Waals surface area contributed by atoms with Gasteiger partial charge in [0, 0.05) is 35.0 Å². The second-order valence-corrected chi connectivity index (χ2v) is 14.0. The Bertz CT molecular complexity index is 873. The van der Waals surface area contributed by atoms with Crippen LogP contribution in [0.4, 0.5) is 0 Å².